The Morgan fingerprint density at radius 3 is 1.83 bits per heavy atom. The van der Waals surface area contributed by atoms with E-state index in [0.29, 0.717) is 12.2 Å². The molecule has 1 aromatic carbocycles. The van der Waals surface area contributed by atoms with E-state index in [-0.39, 0.29) is 11.7 Å². The molecule has 0 saturated heterocycles. The van der Waals surface area contributed by atoms with E-state index in [1.54, 1.807) is 12.1 Å². The molecular formula is C19H29BrO3. The van der Waals surface area contributed by atoms with Crippen LogP contribution >= 0.6 is 15.9 Å². The second kappa shape index (κ2) is 13.4. The number of phenolic OH excluding ortho intramolecular Hbond substituents is 1. The van der Waals surface area contributed by atoms with Gasteiger partial charge in [-0.1, -0.05) is 67.3 Å². The van der Waals surface area contributed by atoms with Crippen LogP contribution in [-0.2, 0) is 4.74 Å². The van der Waals surface area contributed by atoms with Crippen LogP contribution in [0.4, 0.5) is 0 Å². The smallest absolute Gasteiger partial charge is 0.338 e. The van der Waals surface area contributed by atoms with Crippen molar-refractivity contribution in [2.45, 2.75) is 64.2 Å². The van der Waals surface area contributed by atoms with Crippen molar-refractivity contribution in [3.05, 3.63) is 29.8 Å². The molecule has 0 aromatic heterocycles. The molecule has 0 amide bonds. The highest BCUT2D eigenvalue weighted by molar-refractivity contribution is 9.09. The zero-order valence-electron chi connectivity index (χ0n) is 13.9. The van der Waals surface area contributed by atoms with Gasteiger partial charge in [-0.25, -0.2) is 4.79 Å². The molecule has 4 heteroatoms. The molecule has 0 unspecified atom stereocenters. The lowest BCUT2D eigenvalue weighted by atomic mass is 10.1. The monoisotopic (exact) mass is 384 g/mol. The van der Waals surface area contributed by atoms with E-state index in [1.165, 1.54) is 63.5 Å². The van der Waals surface area contributed by atoms with Gasteiger partial charge in [0.1, 0.15) is 5.75 Å². The van der Waals surface area contributed by atoms with Crippen molar-refractivity contribution in [1.82, 2.24) is 0 Å². The minimum atomic E-state index is -0.312. The maximum atomic E-state index is 11.7. The molecule has 0 fully saturated rings. The molecule has 23 heavy (non-hydrogen) atoms. The first-order valence-electron chi connectivity index (χ1n) is 8.76. The zero-order chi connectivity index (χ0) is 16.8. The molecular weight excluding hydrogens is 356 g/mol. The number of esters is 1. The van der Waals surface area contributed by atoms with Gasteiger partial charge >= 0.3 is 5.97 Å². The molecule has 1 N–H and O–H groups in total. The number of ether oxygens (including phenoxy) is 1. The highest BCUT2D eigenvalue weighted by atomic mass is 79.9. The Balaban J connectivity index is 1.89. The molecule has 130 valence electrons. The number of aromatic hydroxyl groups is 1. The number of carbonyl (C=O) groups excluding carboxylic acids is 1. The summed E-state index contributed by atoms with van der Waals surface area (Å²) in [6.07, 6.45) is 12.6. The van der Waals surface area contributed by atoms with Crippen LogP contribution in [0.1, 0.15) is 74.6 Å². The quantitative estimate of drug-likeness (QED) is 0.263. The van der Waals surface area contributed by atoms with E-state index in [0.717, 1.165) is 18.2 Å². The van der Waals surface area contributed by atoms with E-state index in [9.17, 15) is 9.90 Å². The van der Waals surface area contributed by atoms with Gasteiger partial charge in [-0.3, -0.25) is 0 Å². The minimum Gasteiger partial charge on any atom is -0.508 e. The Kier molecular flexibility index (Phi) is 11.7. The SMILES string of the molecule is O=C(OCCCCCCCCCCCCBr)c1ccc(O)cc1. The van der Waals surface area contributed by atoms with Gasteiger partial charge < -0.3 is 9.84 Å². The molecule has 3 nitrogen and oxygen atoms in total. The highest BCUT2D eigenvalue weighted by Gasteiger charge is 2.06. The first kappa shape index (κ1) is 20.0. The first-order chi connectivity index (χ1) is 11.2. The van der Waals surface area contributed by atoms with E-state index in [1.807, 2.05) is 0 Å². The highest BCUT2D eigenvalue weighted by Crippen LogP contribution is 2.12. The Hall–Kier alpha value is -1.03. The number of unbranched alkanes of at least 4 members (excludes halogenated alkanes) is 9. The standard InChI is InChI=1S/C19H29BrO3/c20-15-9-7-5-3-1-2-4-6-8-10-16-23-19(22)17-11-13-18(21)14-12-17/h11-14,21H,1-10,15-16H2. The van der Waals surface area contributed by atoms with E-state index in [4.69, 9.17) is 4.74 Å². The summed E-state index contributed by atoms with van der Waals surface area (Å²) < 4.78 is 5.23. The molecule has 0 atom stereocenters. The van der Waals surface area contributed by atoms with E-state index < -0.39 is 0 Å². The predicted molar refractivity (Wildman–Crippen MR) is 98.4 cm³/mol. The van der Waals surface area contributed by atoms with Gasteiger partial charge in [-0.05, 0) is 37.1 Å². The largest absolute Gasteiger partial charge is 0.508 e. The van der Waals surface area contributed by atoms with Gasteiger partial charge in [0.2, 0.25) is 0 Å². The van der Waals surface area contributed by atoms with Crippen LogP contribution in [0.25, 0.3) is 0 Å². The third kappa shape index (κ3) is 10.4. The van der Waals surface area contributed by atoms with Crippen molar-refractivity contribution in [2.75, 3.05) is 11.9 Å². The van der Waals surface area contributed by atoms with E-state index in [2.05, 4.69) is 15.9 Å². The number of phenols is 1. The molecule has 1 aromatic rings. The molecule has 0 spiro atoms. The van der Waals surface area contributed by atoms with E-state index >= 15 is 0 Å². The lowest BCUT2D eigenvalue weighted by molar-refractivity contribution is 0.0497. The number of benzene rings is 1. The fraction of sp³-hybridized carbons (Fsp3) is 0.632. The average molecular weight is 385 g/mol. The minimum absolute atomic E-state index is 0.157. The normalized spacial score (nSPS) is 10.7. The van der Waals surface area contributed by atoms with Crippen LogP contribution in [0.2, 0.25) is 0 Å². The van der Waals surface area contributed by atoms with Crippen molar-refractivity contribution >= 4 is 21.9 Å². The Morgan fingerprint density at radius 1 is 0.826 bits per heavy atom. The zero-order valence-corrected chi connectivity index (χ0v) is 15.5. The summed E-state index contributed by atoms with van der Waals surface area (Å²) in [6.45, 7) is 0.478. The number of hydrogen-bond acceptors (Lipinski definition) is 3. The van der Waals surface area contributed by atoms with Crippen LogP contribution in [0.15, 0.2) is 24.3 Å². The maximum Gasteiger partial charge on any atom is 0.338 e. The van der Waals surface area contributed by atoms with Crippen LogP contribution in [-0.4, -0.2) is 23.0 Å². The molecule has 0 aliphatic carbocycles. The second-order valence-electron chi connectivity index (χ2n) is 5.91. The Morgan fingerprint density at radius 2 is 1.30 bits per heavy atom. The summed E-state index contributed by atoms with van der Waals surface area (Å²) in [4.78, 5) is 11.7. The number of halogens is 1. The molecule has 1 rings (SSSR count). The van der Waals surface area contributed by atoms with Gasteiger partial charge in [-0.15, -0.1) is 0 Å². The van der Waals surface area contributed by atoms with Crippen molar-refractivity contribution in [3.63, 3.8) is 0 Å². The van der Waals surface area contributed by atoms with Crippen molar-refractivity contribution in [1.29, 1.82) is 0 Å². The van der Waals surface area contributed by atoms with Gasteiger partial charge in [0.25, 0.3) is 0 Å². The van der Waals surface area contributed by atoms with Crippen LogP contribution in [0.5, 0.6) is 5.75 Å². The molecule has 0 bridgehead atoms. The molecule has 0 radical (unpaired) electrons. The summed E-state index contributed by atoms with van der Waals surface area (Å²) in [6, 6.07) is 6.15. The summed E-state index contributed by atoms with van der Waals surface area (Å²) in [5.74, 6) is -0.154. The van der Waals surface area contributed by atoms with Crippen LogP contribution in [0, 0.1) is 0 Å². The van der Waals surface area contributed by atoms with Crippen LogP contribution in [0.3, 0.4) is 0 Å². The lowest BCUT2D eigenvalue weighted by Gasteiger charge is -2.05. The summed E-state index contributed by atoms with van der Waals surface area (Å²) in [7, 11) is 0. The number of rotatable bonds is 13. The lowest BCUT2D eigenvalue weighted by Crippen LogP contribution is -2.06. The fourth-order valence-corrected chi connectivity index (χ4v) is 2.85. The summed E-state index contributed by atoms with van der Waals surface area (Å²) in [5.41, 5.74) is 0.489. The third-order valence-corrected chi connectivity index (χ3v) is 4.42. The summed E-state index contributed by atoms with van der Waals surface area (Å²) in [5, 5.41) is 10.3. The van der Waals surface area contributed by atoms with Gasteiger partial charge in [0.15, 0.2) is 0 Å². The first-order valence-corrected chi connectivity index (χ1v) is 9.88. The Labute approximate surface area is 148 Å². The second-order valence-corrected chi connectivity index (χ2v) is 6.70. The van der Waals surface area contributed by atoms with Gasteiger partial charge in [-0.2, -0.15) is 0 Å². The number of alkyl halides is 1. The van der Waals surface area contributed by atoms with Crippen molar-refractivity contribution in [3.8, 4) is 5.75 Å². The summed E-state index contributed by atoms with van der Waals surface area (Å²) >= 11 is 3.46. The topological polar surface area (TPSA) is 46.5 Å². The third-order valence-electron chi connectivity index (χ3n) is 3.86. The van der Waals surface area contributed by atoms with Crippen LogP contribution < -0.4 is 0 Å². The van der Waals surface area contributed by atoms with Gasteiger partial charge in [0.05, 0.1) is 12.2 Å². The predicted octanol–water partition coefficient (Wildman–Crippen LogP) is 5.84. The molecule has 0 saturated carbocycles. The Bertz CT molecular complexity index is 417. The molecule has 0 aliphatic rings. The number of hydrogen-bond donors (Lipinski definition) is 1. The average Bonchev–Trinajstić information content (AvgIpc) is 2.56. The van der Waals surface area contributed by atoms with Crippen molar-refractivity contribution < 1.29 is 14.6 Å². The fourth-order valence-electron chi connectivity index (χ4n) is 2.46. The molecule has 0 heterocycles. The molecule has 0 aliphatic heterocycles. The van der Waals surface area contributed by atoms with Crippen molar-refractivity contribution in [2.24, 2.45) is 0 Å². The maximum absolute atomic E-state index is 11.7. The van der Waals surface area contributed by atoms with Gasteiger partial charge in [0, 0.05) is 5.33 Å². The number of carbonyl (C=O) groups is 1.